The molecule has 0 radical (unpaired) electrons. The Morgan fingerprint density at radius 1 is 0.411 bits per heavy atom. The van der Waals surface area contributed by atoms with Gasteiger partial charge in [0, 0.05) is 11.6 Å². The highest BCUT2D eigenvalue weighted by atomic mass is 19.1. The molecule has 0 unspecified atom stereocenters. The van der Waals surface area contributed by atoms with Crippen LogP contribution < -0.4 is 28.4 Å². The van der Waals surface area contributed by atoms with Gasteiger partial charge in [-0.3, -0.25) is 0 Å². The second-order valence-corrected chi connectivity index (χ2v) is 18.3. The zero-order valence-electron chi connectivity index (χ0n) is 42.6. The first kappa shape index (κ1) is 55.1. The molecule has 384 valence electrons. The maximum absolute atomic E-state index is 15.3. The minimum Gasteiger partial charge on any atom is -0.494 e. The maximum Gasteiger partial charge on any atom is 0.346 e. The lowest BCUT2D eigenvalue weighted by molar-refractivity contribution is -0.130. The van der Waals surface area contributed by atoms with Crippen molar-refractivity contribution < 1.29 is 52.0 Å². The van der Waals surface area contributed by atoms with E-state index in [1.54, 1.807) is 73.7 Å². The van der Waals surface area contributed by atoms with Crippen LogP contribution in [0.5, 0.6) is 34.5 Å². The third-order valence-electron chi connectivity index (χ3n) is 12.3. The highest BCUT2D eigenvalue weighted by Crippen LogP contribution is 2.28. The van der Waals surface area contributed by atoms with E-state index < -0.39 is 29.7 Å². The van der Waals surface area contributed by atoms with E-state index in [1.165, 1.54) is 120 Å². The van der Waals surface area contributed by atoms with Crippen molar-refractivity contribution >= 4 is 40.7 Å². The third-order valence-corrected chi connectivity index (χ3v) is 12.3. The normalized spacial score (nSPS) is 11.3. The summed E-state index contributed by atoms with van der Waals surface area (Å²) in [6, 6.07) is 33.5. The molecule has 0 spiro atoms. The monoisotopic (exact) mass is 992 g/mol. The maximum atomic E-state index is 15.3. The largest absolute Gasteiger partial charge is 0.494 e. The Morgan fingerprint density at radius 2 is 0.808 bits per heavy atom. The number of ether oxygens (including phenoxy) is 6. The molecule has 6 rings (SSSR count). The van der Waals surface area contributed by atoms with Gasteiger partial charge in [-0.2, -0.15) is 0 Å². The van der Waals surface area contributed by atoms with Gasteiger partial charge < -0.3 is 28.4 Å². The van der Waals surface area contributed by atoms with Crippen LogP contribution in [-0.4, -0.2) is 37.1 Å². The fraction of sp³-hybridized carbons (Fsp3) is 0.355. The molecule has 0 aliphatic heterocycles. The highest BCUT2D eigenvalue weighted by molar-refractivity contribution is 5.96. The van der Waals surface area contributed by atoms with E-state index >= 15 is 4.39 Å². The molecular weight excluding hydrogens is 924 g/mol. The van der Waals surface area contributed by atoms with Gasteiger partial charge in [0.2, 0.25) is 0 Å². The number of halogens is 1. The Labute approximate surface area is 429 Å². The van der Waals surface area contributed by atoms with E-state index in [4.69, 9.17) is 28.4 Å². The van der Waals surface area contributed by atoms with Crippen LogP contribution in [0.1, 0.15) is 167 Å². The third kappa shape index (κ3) is 18.7. The molecule has 0 saturated carbocycles. The summed E-state index contributed by atoms with van der Waals surface area (Å²) < 4.78 is 49.1. The molecule has 0 aliphatic carbocycles. The summed E-state index contributed by atoms with van der Waals surface area (Å²) in [6.45, 7) is 7.34. The van der Waals surface area contributed by atoms with E-state index in [2.05, 4.69) is 13.8 Å². The minimum atomic E-state index is -0.963. The molecule has 0 saturated heterocycles. The first-order valence-corrected chi connectivity index (χ1v) is 26.0. The van der Waals surface area contributed by atoms with Gasteiger partial charge in [0.15, 0.2) is 0 Å². The SMILES string of the molecule is CCCCCCCCCCCCOc1ccc(C(=O)Oc2ccc(C(=O)Oc3ccc4ccc(OC(=O)c5ccc(OC(=O)/C(C)=C/c6ccc(OCCCCCCCCC)cc6)cc5F)cc4c3)cc2)cc1. The molecule has 0 heterocycles. The number of unbranched alkanes of at least 4 members (excludes halogenated alkanes) is 15. The smallest absolute Gasteiger partial charge is 0.346 e. The molecule has 0 aromatic heterocycles. The predicted molar refractivity (Wildman–Crippen MR) is 285 cm³/mol. The zero-order chi connectivity index (χ0) is 51.6. The van der Waals surface area contributed by atoms with Crippen LogP contribution in [-0.2, 0) is 4.79 Å². The average molecular weight is 993 g/mol. The lowest BCUT2D eigenvalue weighted by Crippen LogP contribution is -2.12. The summed E-state index contributed by atoms with van der Waals surface area (Å²) in [4.78, 5) is 52.0. The number of hydrogen-bond acceptors (Lipinski definition) is 10. The van der Waals surface area contributed by atoms with Crippen molar-refractivity contribution in [2.75, 3.05) is 13.2 Å². The summed E-state index contributed by atoms with van der Waals surface area (Å²) >= 11 is 0. The van der Waals surface area contributed by atoms with Crippen LogP contribution in [0, 0.1) is 5.82 Å². The number of carbonyl (C=O) groups excluding carboxylic acids is 4. The van der Waals surface area contributed by atoms with Crippen LogP contribution >= 0.6 is 0 Å². The van der Waals surface area contributed by atoms with Crippen LogP contribution in [0.2, 0.25) is 0 Å². The van der Waals surface area contributed by atoms with Gasteiger partial charge in [-0.15, -0.1) is 0 Å². The molecule has 10 nitrogen and oxygen atoms in total. The summed E-state index contributed by atoms with van der Waals surface area (Å²) in [6.07, 6.45) is 22.7. The quantitative estimate of drug-likeness (QED) is 0.0186. The predicted octanol–water partition coefficient (Wildman–Crippen LogP) is 16.1. The Kier molecular flexibility index (Phi) is 22.6. The van der Waals surface area contributed by atoms with Crippen LogP contribution in [0.25, 0.3) is 16.8 Å². The summed E-state index contributed by atoms with van der Waals surface area (Å²) in [5.41, 5.74) is 1.29. The number of hydrogen-bond donors (Lipinski definition) is 0. The molecule has 0 bridgehead atoms. The lowest BCUT2D eigenvalue weighted by atomic mass is 10.1. The van der Waals surface area contributed by atoms with Crippen LogP contribution in [0.15, 0.2) is 133 Å². The van der Waals surface area contributed by atoms with Crippen molar-refractivity contribution in [1.29, 1.82) is 0 Å². The summed E-state index contributed by atoms with van der Waals surface area (Å²) in [7, 11) is 0. The molecule has 0 aliphatic rings. The van der Waals surface area contributed by atoms with Gasteiger partial charge in [0.25, 0.3) is 0 Å². The summed E-state index contributed by atoms with van der Waals surface area (Å²) in [5, 5.41) is 1.35. The van der Waals surface area contributed by atoms with Gasteiger partial charge in [-0.25, -0.2) is 23.6 Å². The van der Waals surface area contributed by atoms with Crippen molar-refractivity contribution in [2.45, 2.75) is 130 Å². The lowest BCUT2D eigenvalue weighted by Gasteiger charge is -2.10. The standard InChI is InChI=1S/C62H69FO10/c1-4-6-8-10-12-13-14-16-18-20-40-69-52-31-25-48(26-32-52)60(65)70-53-33-27-49(28-34-53)61(66)72-54-35-23-47-24-36-55(43-50(47)42-54)73-62(67)57-38-37-56(44-58(57)63)71-59(64)45(3)41-46-21-29-51(30-22-46)68-39-19-17-15-11-9-7-5-2/h21-38,41-44H,4-20,39-40H2,1-3H3/b45-41+. The number of rotatable bonds is 30. The van der Waals surface area contributed by atoms with Gasteiger partial charge in [-0.05, 0) is 139 Å². The van der Waals surface area contributed by atoms with Crippen molar-refractivity contribution in [3.8, 4) is 34.5 Å². The number of fused-ring (bicyclic) bond motifs is 1. The zero-order valence-corrected chi connectivity index (χ0v) is 42.6. The molecular formula is C62H69FO10. The fourth-order valence-electron chi connectivity index (χ4n) is 8.08. The Hall–Kier alpha value is -7.27. The molecule has 0 fully saturated rings. The molecule has 0 amide bonds. The van der Waals surface area contributed by atoms with Crippen molar-refractivity contribution in [3.63, 3.8) is 0 Å². The second kappa shape index (κ2) is 29.9. The molecule has 0 atom stereocenters. The Balaban J connectivity index is 0.925. The van der Waals surface area contributed by atoms with Gasteiger partial charge in [-0.1, -0.05) is 134 Å². The topological polar surface area (TPSA) is 124 Å². The Morgan fingerprint density at radius 3 is 1.30 bits per heavy atom. The number of esters is 4. The molecule has 0 N–H and O–H groups in total. The first-order valence-electron chi connectivity index (χ1n) is 26.0. The van der Waals surface area contributed by atoms with Crippen LogP contribution in [0.3, 0.4) is 0 Å². The average Bonchev–Trinajstić information content (AvgIpc) is 3.39. The Bertz CT molecular complexity index is 2730. The van der Waals surface area contributed by atoms with Crippen molar-refractivity contribution in [3.05, 3.63) is 161 Å². The highest BCUT2D eigenvalue weighted by Gasteiger charge is 2.18. The number of benzene rings is 6. The molecule has 6 aromatic rings. The van der Waals surface area contributed by atoms with E-state index in [1.807, 2.05) is 24.3 Å². The van der Waals surface area contributed by atoms with E-state index in [0.717, 1.165) is 48.4 Å². The second-order valence-electron chi connectivity index (χ2n) is 18.3. The van der Waals surface area contributed by atoms with Crippen molar-refractivity contribution in [2.24, 2.45) is 0 Å². The molecule has 11 heteroatoms. The summed E-state index contributed by atoms with van der Waals surface area (Å²) in [5.74, 6) is -1.79. The molecule has 6 aromatic carbocycles. The van der Waals surface area contributed by atoms with Crippen LogP contribution in [0.4, 0.5) is 4.39 Å². The molecule has 73 heavy (non-hydrogen) atoms. The minimum absolute atomic E-state index is 0.0784. The van der Waals surface area contributed by atoms with Gasteiger partial charge in [0.05, 0.1) is 29.9 Å². The fourth-order valence-corrected chi connectivity index (χ4v) is 8.08. The van der Waals surface area contributed by atoms with E-state index in [0.29, 0.717) is 35.5 Å². The van der Waals surface area contributed by atoms with Crippen molar-refractivity contribution in [1.82, 2.24) is 0 Å². The van der Waals surface area contributed by atoms with Gasteiger partial charge in [0.1, 0.15) is 40.3 Å². The van der Waals surface area contributed by atoms with E-state index in [-0.39, 0.29) is 34.1 Å². The number of carbonyl (C=O) groups is 4. The first-order chi connectivity index (χ1) is 35.6. The van der Waals surface area contributed by atoms with Gasteiger partial charge >= 0.3 is 23.9 Å². The van der Waals surface area contributed by atoms with E-state index in [9.17, 15) is 19.2 Å².